The van der Waals surface area contributed by atoms with Crippen molar-refractivity contribution in [3.63, 3.8) is 0 Å². The highest BCUT2D eigenvalue weighted by molar-refractivity contribution is 7.98. The summed E-state index contributed by atoms with van der Waals surface area (Å²) in [7, 11) is 0. The van der Waals surface area contributed by atoms with Gasteiger partial charge in [-0.3, -0.25) is 9.59 Å². The molecule has 7 heteroatoms. The maximum absolute atomic E-state index is 12.7. The van der Waals surface area contributed by atoms with E-state index in [2.05, 4.69) is 16.7 Å². The van der Waals surface area contributed by atoms with Crippen LogP contribution in [0, 0.1) is 13.8 Å². The Morgan fingerprint density at radius 2 is 1.83 bits per heavy atom. The molecule has 0 saturated heterocycles. The molecule has 4 rings (SSSR count). The van der Waals surface area contributed by atoms with Crippen LogP contribution in [-0.4, -0.2) is 21.6 Å². The first-order valence-electron chi connectivity index (χ1n) is 9.87. The number of aryl methyl sites for hydroxylation is 2. The number of carbonyl (C=O) groups excluding carboxylic acids is 2. The second-order valence-corrected chi connectivity index (χ2v) is 8.51. The second-order valence-electron chi connectivity index (χ2n) is 7.53. The van der Waals surface area contributed by atoms with Crippen LogP contribution in [0.3, 0.4) is 0 Å². The molecule has 0 aliphatic carbocycles. The van der Waals surface area contributed by atoms with Gasteiger partial charge in [-0.05, 0) is 38.0 Å². The van der Waals surface area contributed by atoms with E-state index in [0.29, 0.717) is 5.82 Å². The highest BCUT2D eigenvalue weighted by atomic mass is 32.2. The Morgan fingerprint density at radius 3 is 2.57 bits per heavy atom. The molecule has 30 heavy (non-hydrogen) atoms. The fourth-order valence-electron chi connectivity index (χ4n) is 3.61. The topological polar surface area (TPSA) is 76.0 Å². The van der Waals surface area contributed by atoms with E-state index in [-0.39, 0.29) is 6.04 Å². The van der Waals surface area contributed by atoms with Gasteiger partial charge in [-0.1, -0.05) is 48.0 Å². The molecular formula is C23H24N4O2S. The summed E-state index contributed by atoms with van der Waals surface area (Å²) < 4.78 is 1.75. The third kappa shape index (κ3) is 3.98. The number of fused-ring (bicyclic) bond motifs is 1. The molecule has 0 saturated carbocycles. The summed E-state index contributed by atoms with van der Waals surface area (Å²) in [5.41, 5.74) is 5.99. The van der Waals surface area contributed by atoms with Crippen molar-refractivity contribution >= 4 is 29.4 Å². The number of amides is 2. The minimum Gasteiger partial charge on any atom is -0.341 e. The predicted octanol–water partition coefficient (Wildman–Crippen LogP) is 4.05. The number of hydrogen-bond donors (Lipinski definition) is 2. The van der Waals surface area contributed by atoms with Crippen molar-refractivity contribution < 1.29 is 9.59 Å². The normalized spacial score (nSPS) is 13.6. The van der Waals surface area contributed by atoms with Gasteiger partial charge < -0.3 is 10.6 Å². The van der Waals surface area contributed by atoms with E-state index in [4.69, 9.17) is 5.10 Å². The number of nitrogens with one attached hydrogen (secondary N) is 2. The smallest absolute Gasteiger partial charge is 0.314 e. The largest absolute Gasteiger partial charge is 0.341 e. The number of anilines is 1. The van der Waals surface area contributed by atoms with Crippen LogP contribution in [-0.2, 0) is 21.1 Å². The first-order valence-corrected chi connectivity index (χ1v) is 11.0. The molecule has 0 spiro atoms. The van der Waals surface area contributed by atoms with Gasteiger partial charge in [-0.2, -0.15) is 16.9 Å². The zero-order chi connectivity index (χ0) is 21.3. The number of rotatable bonds is 4. The lowest BCUT2D eigenvalue weighted by Crippen LogP contribution is -2.37. The SMILES string of the molecule is Cc1ccc(-n2nc3c(c2NC(=O)C(=O)NC(C)c2ccccc2)CSC3)c(C)c1. The van der Waals surface area contributed by atoms with Crippen LogP contribution in [0.4, 0.5) is 5.82 Å². The third-order valence-corrected chi connectivity index (χ3v) is 6.19. The molecule has 1 aliphatic heterocycles. The molecule has 3 aromatic rings. The van der Waals surface area contributed by atoms with Gasteiger partial charge in [0, 0.05) is 17.1 Å². The Labute approximate surface area is 180 Å². The molecule has 2 heterocycles. The average molecular weight is 421 g/mol. The van der Waals surface area contributed by atoms with E-state index < -0.39 is 11.8 Å². The molecule has 1 aromatic heterocycles. The van der Waals surface area contributed by atoms with Crippen molar-refractivity contribution in [3.05, 3.63) is 76.5 Å². The maximum Gasteiger partial charge on any atom is 0.314 e. The summed E-state index contributed by atoms with van der Waals surface area (Å²) in [6, 6.07) is 15.4. The van der Waals surface area contributed by atoms with Crippen LogP contribution in [0.5, 0.6) is 0 Å². The van der Waals surface area contributed by atoms with Crippen molar-refractivity contribution in [3.8, 4) is 5.69 Å². The van der Waals surface area contributed by atoms with Crippen molar-refractivity contribution in [1.82, 2.24) is 15.1 Å². The van der Waals surface area contributed by atoms with E-state index in [1.807, 2.05) is 63.2 Å². The quantitative estimate of drug-likeness (QED) is 0.625. The average Bonchev–Trinajstić information content (AvgIpc) is 3.31. The van der Waals surface area contributed by atoms with Crippen LogP contribution in [0.25, 0.3) is 5.69 Å². The zero-order valence-electron chi connectivity index (χ0n) is 17.2. The molecule has 0 radical (unpaired) electrons. The van der Waals surface area contributed by atoms with Crippen molar-refractivity contribution in [2.45, 2.75) is 38.3 Å². The Balaban J connectivity index is 1.58. The summed E-state index contributed by atoms with van der Waals surface area (Å²) in [4.78, 5) is 25.3. The third-order valence-electron chi connectivity index (χ3n) is 5.22. The molecule has 6 nitrogen and oxygen atoms in total. The minimum absolute atomic E-state index is 0.269. The molecule has 1 unspecified atom stereocenters. The molecule has 1 aliphatic rings. The minimum atomic E-state index is -0.691. The first-order chi connectivity index (χ1) is 14.4. The zero-order valence-corrected chi connectivity index (χ0v) is 18.0. The van der Waals surface area contributed by atoms with Gasteiger partial charge in [-0.15, -0.1) is 0 Å². The van der Waals surface area contributed by atoms with Gasteiger partial charge in [0.25, 0.3) is 0 Å². The van der Waals surface area contributed by atoms with E-state index >= 15 is 0 Å². The van der Waals surface area contributed by atoms with Gasteiger partial charge in [0.1, 0.15) is 5.82 Å². The highest BCUT2D eigenvalue weighted by Gasteiger charge is 2.27. The summed E-state index contributed by atoms with van der Waals surface area (Å²) >= 11 is 1.75. The Morgan fingerprint density at radius 1 is 1.07 bits per heavy atom. The number of nitrogens with zero attached hydrogens (tertiary/aromatic N) is 2. The molecular weight excluding hydrogens is 396 g/mol. The summed E-state index contributed by atoms with van der Waals surface area (Å²) in [6.45, 7) is 5.91. The number of thioether (sulfide) groups is 1. The maximum atomic E-state index is 12.7. The summed E-state index contributed by atoms with van der Waals surface area (Å²) in [5, 5.41) is 10.3. The van der Waals surface area contributed by atoms with Crippen LogP contribution in [0.15, 0.2) is 48.5 Å². The van der Waals surface area contributed by atoms with Crippen LogP contribution < -0.4 is 10.6 Å². The molecule has 0 bridgehead atoms. The Hall–Kier alpha value is -3.06. The van der Waals surface area contributed by atoms with Gasteiger partial charge in [0.2, 0.25) is 0 Å². The summed E-state index contributed by atoms with van der Waals surface area (Å²) in [5.74, 6) is 0.780. The van der Waals surface area contributed by atoms with E-state index in [1.54, 1.807) is 16.4 Å². The number of benzene rings is 2. The molecule has 2 N–H and O–H groups in total. The van der Waals surface area contributed by atoms with Crippen LogP contribution in [0.1, 0.15) is 40.9 Å². The van der Waals surface area contributed by atoms with Gasteiger partial charge in [0.05, 0.1) is 17.4 Å². The number of aromatic nitrogens is 2. The standard InChI is InChI=1S/C23H24N4O2S/c1-14-9-10-20(15(2)11-14)27-21(18-12-30-13-19(18)26-27)25-23(29)22(28)24-16(3)17-7-5-4-6-8-17/h4-11,16H,12-13H2,1-3H3,(H,24,28)(H,25,29). The van der Waals surface area contributed by atoms with Crippen LogP contribution in [0.2, 0.25) is 0 Å². The van der Waals surface area contributed by atoms with E-state index in [9.17, 15) is 9.59 Å². The van der Waals surface area contributed by atoms with Crippen molar-refractivity contribution in [2.24, 2.45) is 0 Å². The molecule has 154 valence electrons. The van der Waals surface area contributed by atoms with Crippen molar-refractivity contribution in [1.29, 1.82) is 0 Å². The lowest BCUT2D eigenvalue weighted by molar-refractivity contribution is -0.136. The lowest BCUT2D eigenvalue weighted by Gasteiger charge is -2.16. The monoisotopic (exact) mass is 420 g/mol. The predicted molar refractivity (Wildman–Crippen MR) is 120 cm³/mol. The Bertz CT molecular complexity index is 1110. The van der Waals surface area contributed by atoms with Crippen LogP contribution >= 0.6 is 11.8 Å². The molecule has 2 aromatic carbocycles. The van der Waals surface area contributed by atoms with E-state index in [1.165, 1.54) is 0 Å². The molecule has 1 atom stereocenters. The Kier molecular flexibility index (Phi) is 5.63. The van der Waals surface area contributed by atoms with Gasteiger partial charge in [0.15, 0.2) is 0 Å². The first kappa shape index (κ1) is 20.2. The fourth-order valence-corrected chi connectivity index (χ4v) is 4.65. The fraction of sp³-hybridized carbons (Fsp3) is 0.261. The number of carbonyl (C=O) groups is 2. The molecule has 0 fully saturated rings. The second kappa shape index (κ2) is 8.36. The van der Waals surface area contributed by atoms with E-state index in [0.717, 1.165) is 45.1 Å². The van der Waals surface area contributed by atoms with Gasteiger partial charge in [-0.25, -0.2) is 4.68 Å². The number of hydrogen-bond acceptors (Lipinski definition) is 4. The van der Waals surface area contributed by atoms with Gasteiger partial charge >= 0.3 is 11.8 Å². The highest BCUT2D eigenvalue weighted by Crippen LogP contribution is 2.36. The lowest BCUT2D eigenvalue weighted by atomic mass is 10.1. The summed E-state index contributed by atoms with van der Waals surface area (Å²) in [6.07, 6.45) is 0. The molecule has 2 amide bonds. The van der Waals surface area contributed by atoms with Crippen molar-refractivity contribution in [2.75, 3.05) is 5.32 Å².